The SMILES string of the molecule is CCCN(CCc1ccncc1)Cc1cccc(N)c1. The number of aromatic nitrogens is 1. The smallest absolute Gasteiger partial charge is 0.0317 e. The number of nitrogen functional groups attached to an aromatic ring is 1. The van der Waals surface area contributed by atoms with Gasteiger partial charge in [0.15, 0.2) is 0 Å². The van der Waals surface area contributed by atoms with Crippen molar-refractivity contribution in [2.75, 3.05) is 18.8 Å². The van der Waals surface area contributed by atoms with Crippen molar-refractivity contribution in [3.63, 3.8) is 0 Å². The van der Waals surface area contributed by atoms with E-state index in [1.807, 2.05) is 24.5 Å². The second-order valence-corrected chi connectivity index (χ2v) is 5.13. The molecule has 1 heterocycles. The lowest BCUT2D eigenvalue weighted by Gasteiger charge is -2.22. The van der Waals surface area contributed by atoms with Crippen LogP contribution in [0.3, 0.4) is 0 Å². The Morgan fingerprint density at radius 3 is 2.55 bits per heavy atom. The van der Waals surface area contributed by atoms with Gasteiger partial charge in [-0.2, -0.15) is 0 Å². The Morgan fingerprint density at radius 1 is 1.05 bits per heavy atom. The molecule has 3 heteroatoms. The largest absolute Gasteiger partial charge is 0.399 e. The molecule has 2 aromatic rings. The Hall–Kier alpha value is -1.87. The van der Waals surface area contributed by atoms with E-state index in [0.717, 1.165) is 31.7 Å². The molecule has 0 aliphatic carbocycles. The van der Waals surface area contributed by atoms with Gasteiger partial charge in [0.05, 0.1) is 0 Å². The predicted molar refractivity (Wildman–Crippen MR) is 84.4 cm³/mol. The Morgan fingerprint density at radius 2 is 1.85 bits per heavy atom. The number of nitrogens with zero attached hydrogens (tertiary/aromatic N) is 2. The van der Waals surface area contributed by atoms with Crippen molar-refractivity contribution in [2.45, 2.75) is 26.3 Å². The van der Waals surface area contributed by atoms with E-state index < -0.39 is 0 Å². The van der Waals surface area contributed by atoms with Gasteiger partial charge in [-0.3, -0.25) is 9.88 Å². The van der Waals surface area contributed by atoms with Crippen LogP contribution >= 0.6 is 0 Å². The van der Waals surface area contributed by atoms with Crippen LogP contribution < -0.4 is 5.73 Å². The average Bonchev–Trinajstić information content (AvgIpc) is 2.46. The summed E-state index contributed by atoms with van der Waals surface area (Å²) in [5, 5.41) is 0. The van der Waals surface area contributed by atoms with Crippen molar-refractivity contribution in [1.29, 1.82) is 0 Å². The fourth-order valence-corrected chi connectivity index (χ4v) is 2.37. The van der Waals surface area contributed by atoms with Crippen LogP contribution in [0.2, 0.25) is 0 Å². The third kappa shape index (κ3) is 4.67. The average molecular weight is 269 g/mol. The number of anilines is 1. The van der Waals surface area contributed by atoms with Gasteiger partial charge in [-0.05, 0) is 54.8 Å². The van der Waals surface area contributed by atoms with Crippen LogP contribution in [0, 0.1) is 0 Å². The molecule has 0 unspecified atom stereocenters. The molecular weight excluding hydrogens is 246 g/mol. The van der Waals surface area contributed by atoms with E-state index in [4.69, 9.17) is 5.73 Å². The minimum absolute atomic E-state index is 0.841. The predicted octanol–water partition coefficient (Wildman–Crippen LogP) is 3.12. The zero-order chi connectivity index (χ0) is 14.2. The number of pyridine rings is 1. The van der Waals surface area contributed by atoms with Gasteiger partial charge in [-0.1, -0.05) is 19.1 Å². The van der Waals surface area contributed by atoms with E-state index in [2.05, 4.69) is 41.1 Å². The lowest BCUT2D eigenvalue weighted by atomic mass is 10.1. The van der Waals surface area contributed by atoms with E-state index in [-0.39, 0.29) is 0 Å². The van der Waals surface area contributed by atoms with Crippen LogP contribution in [-0.2, 0) is 13.0 Å². The summed E-state index contributed by atoms with van der Waals surface area (Å²) >= 11 is 0. The monoisotopic (exact) mass is 269 g/mol. The van der Waals surface area contributed by atoms with Crippen molar-refractivity contribution in [3.05, 3.63) is 59.9 Å². The van der Waals surface area contributed by atoms with Crippen molar-refractivity contribution in [1.82, 2.24) is 9.88 Å². The highest BCUT2D eigenvalue weighted by Crippen LogP contribution is 2.11. The molecule has 2 N–H and O–H groups in total. The van der Waals surface area contributed by atoms with E-state index in [0.29, 0.717) is 0 Å². The molecule has 0 bridgehead atoms. The van der Waals surface area contributed by atoms with E-state index in [1.165, 1.54) is 17.5 Å². The first kappa shape index (κ1) is 14.5. The summed E-state index contributed by atoms with van der Waals surface area (Å²) in [4.78, 5) is 6.54. The fraction of sp³-hybridized carbons (Fsp3) is 0.353. The van der Waals surface area contributed by atoms with Gasteiger partial charge in [-0.15, -0.1) is 0 Å². The maximum atomic E-state index is 5.85. The second kappa shape index (κ2) is 7.65. The molecule has 0 spiro atoms. The first-order valence-corrected chi connectivity index (χ1v) is 7.23. The maximum absolute atomic E-state index is 5.85. The molecule has 0 aliphatic heterocycles. The Labute approximate surface area is 121 Å². The fourth-order valence-electron chi connectivity index (χ4n) is 2.37. The van der Waals surface area contributed by atoms with Crippen molar-refractivity contribution in [2.24, 2.45) is 0 Å². The van der Waals surface area contributed by atoms with Crippen LogP contribution in [0.4, 0.5) is 5.69 Å². The normalized spacial score (nSPS) is 10.9. The Bertz CT molecular complexity index is 511. The quantitative estimate of drug-likeness (QED) is 0.785. The molecule has 0 radical (unpaired) electrons. The summed E-state index contributed by atoms with van der Waals surface area (Å²) in [6, 6.07) is 12.3. The van der Waals surface area contributed by atoms with Crippen molar-refractivity contribution >= 4 is 5.69 Å². The maximum Gasteiger partial charge on any atom is 0.0317 e. The molecule has 0 saturated carbocycles. The third-order valence-corrected chi connectivity index (χ3v) is 3.36. The number of hydrogen-bond acceptors (Lipinski definition) is 3. The van der Waals surface area contributed by atoms with Gasteiger partial charge < -0.3 is 5.73 Å². The van der Waals surface area contributed by atoms with Crippen molar-refractivity contribution in [3.8, 4) is 0 Å². The van der Waals surface area contributed by atoms with Crippen molar-refractivity contribution < 1.29 is 0 Å². The lowest BCUT2D eigenvalue weighted by molar-refractivity contribution is 0.269. The van der Waals surface area contributed by atoms with E-state index in [1.54, 1.807) is 0 Å². The lowest BCUT2D eigenvalue weighted by Crippen LogP contribution is -2.26. The van der Waals surface area contributed by atoms with E-state index >= 15 is 0 Å². The van der Waals surface area contributed by atoms with Crippen LogP contribution in [0.25, 0.3) is 0 Å². The van der Waals surface area contributed by atoms with Gasteiger partial charge >= 0.3 is 0 Å². The summed E-state index contributed by atoms with van der Waals surface area (Å²) in [5.74, 6) is 0. The first-order valence-electron chi connectivity index (χ1n) is 7.23. The van der Waals surface area contributed by atoms with Crippen LogP contribution in [0.15, 0.2) is 48.8 Å². The molecule has 20 heavy (non-hydrogen) atoms. The molecule has 0 aliphatic rings. The summed E-state index contributed by atoms with van der Waals surface area (Å²) in [5.41, 5.74) is 9.32. The molecular formula is C17H23N3. The van der Waals surface area contributed by atoms with Gasteiger partial charge in [0, 0.05) is 31.2 Å². The standard InChI is InChI=1S/C17H23N3/c1-2-11-20(12-8-15-6-9-19-10-7-15)14-16-4-3-5-17(18)13-16/h3-7,9-10,13H,2,8,11-12,14,18H2,1H3. The third-order valence-electron chi connectivity index (χ3n) is 3.36. The Balaban J connectivity index is 1.93. The molecule has 106 valence electrons. The molecule has 0 fully saturated rings. The topological polar surface area (TPSA) is 42.2 Å². The van der Waals surface area contributed by atoms with Gasteiger partial charge in [0.1, 0.15) is 0 Å². The Kier molecular flexibility index (Phi) is 5.56. The summed E-state index contributed by atoms with van der Waals surface area (Å²) in [7, 11) is 0. The molecule has 1 aromatic heterocycles. The number of hydrogen-bond donors (Lipinski definition) is 1. The highest BCUT2D eigenvalue weighted by atomic mass is 15.1. The van der Waals surface area contributed by atoms with Crippen LogP contribution in [0.5, 0.6) is 0 Å². The van der Waals surface area contributed by atoms with Gasteiger partial charge in [0.2, 0.25) is 0 Å². The highest BCUT2D eigenvalue weighted by molar-refractivity contribution is 5.40. The summed E-state index contributed by atoms with van der Waals surface area (Å²) < 4.78 is 0. The zero-order valence-corrected chi connectivity index (χ0v) is 12.1. The molecule has 0 amide bonds. The van der Waals surface area contributed by atoms with Gasteiger partial charge in [-0.25, -0.2) is 0 Å². The van der Waals surface area contributed by atoms with Gasteiger partial charge in [0.25, 0.3) is 0 Å². The summed E-state index contributed by atoms with van der Waals surface area (Å²) in [6.45, 7) is 5.36. The van der Waals surface area contributed by atoms with Crippen LogP contribution in [0.1, 0.15) is 24.5 Å². The molecule has 0 saturated heterocycles. The highest BCUT2D eigenvalue weighted by Gasteiger charge is 2.05. The molecule has 0 atom stereocenters. The minimum atomic E-state index is 0.841. The van der Waals surface area contributed by atoms with E-state index in [9.17, 15) is 0 Å². The number of benzene rings is 1. The molecule has 2 rings (SSSR count). The zero-order valence-electron chi connectivity index (χ0n) is 12.1. The molecule has 1 aromatic carbocycles. The minimum Gasteiger partial charge on any atom is -0.399 e. The van der Waals surface area contributed by atoms with Crippen LogP contribution in [-0.4, -0.2) is 23.0 Å². The molecule has 3 nitrogen and oxygen atoms in total. The summed E-state index contributed by atoms with van der Waals surface area (Å²) in [6.07, 6.45) is 5.94. The number of rotatable bonds is 7. The number of nitrogens with two attached hydrogens (primary N) is 1. The second-order valence-electron chi connectivity index (χ2n) is 5.13. The first-order chi connectivity index (χ1) is 9.78.